The van der Waals surface area contributed by atoms with Crippen molar-refractivity contribution in [1.29, 1.82) is 0 Å². The Kier molecular flexibility index (Phi) is 4.35. The Balaban J connectivity index is 2.32. The lowest BCUT2D eigenvalue weighted by molar-refractivity contribution is 0.627. The van der Waals surface area contributed by atoms with Crippen LogP contribution in [0.15, 0.2) is 26.8 Å². The van der Waals surface area contributed by atoms with Crippen LogP contribution in [0, 0.1) is 5.92 Å². The second kappa shape index (κ2) is 5.80. The van der Waals surface area contributed by atoms with Crippen LogP contribution in [0.5, 0.6) is 0 Å². The standard InChI is InChI=1S/C13H15BrN2OS/c1-8(2)6-10-12(14)13(17)16-11(15-10)7-9-4-3-5-18-9/h3-5,8H,6-7H2,1-2H3,(H,15,16,17). The molecule has 2 aromatic rings. The molecule has 0 unspecified atom stereocenters. The molecule has 5 heteroatoms. The number of nitrogens with zero attached hydrogens (tertiary/aromatic N) is 1. The molecule has 0 aliphatic carbocycles. The maximum absolute atomic E-state index is 11.8. The Hall–Kier alpha value is -0.940. The summed E-state index contributed by atoms with van der Waals surface area (Å²) in [6, 6.07) is 4.06. The van der Waals surface area contributed by atoms with E-state index in [4.69, 9.17) is 0 Å². The van der Waals surface area contributed by atoms with Crippen LogP contribution in [-0.2, 0) is 12.8 Å². The Labute approximate surface area is 118 Å². The lowest BCUT2D eigenvalue weighted by Gasteiger charge is -2.08. The minimum Gasteiger partial charge on any atom is -0.309 e. The summed E-state index contributed by atoms with van der Waals surface area (Å²) in [5, 5.41) is 2.03. The van der Waals surface area contributed by atoms with Crippen LogP contribution in [0.25, 0.3) is 0 Å². The largest absolute Gasteiger partial charge is 0.309 e. The minimum absolute atomic E-state index is 0.0905. The van der Waals surface area contributed by atoms with Crippen LogP contribution in [0.1, 0.15) is 30.2 Å². The molecule has 96 valence electrons. The van der Waals surface area contributed by atoms with Crippen molar-refractivity contribution in [3.8, 4) is 0 Å². The number of hydrogen-bond acceptors (Lipinski definition) is 3. The first-order chi connectivity index (χ1) is 8.56. The van der Waals surface area contributed by atoms with Crippen molar-refractivity contribution in [2.75, 3.05) is 0 Å². The second-order valence-corrected chi connectivity index (χ2v) is 6.45. The molecule has 0 saturated heterocycles. The predicted octanol–water partition coefficient (Wildman–Crippen LogP) is 3.38. The first kappa shape index (κ1) is 13.5. The molecule has 0 atom stereocenters. The van der Waals surface area contributed by atoms with E-state index < -0.39 is 0 Å². The van der Waals surface area contributed by atoms with Crippen LogP contribution in [-0.4, -0.2) is 9.97 Å². The average Bonchev–Trinajstić information content (AvgIpc) is 2.77. The van der Waals surface area contributed by atoms with Gasteiger partial charge in [-0.15, -0.1) is 11.3 Å². The van der Waals surface area contributed by atoms with Gasteiger partial charge in [-0.05, 0) is 39.7 Å². The topological polar surface area (TPSA) is 45.8 Å². The Morgan fingerprint density at radius 1 is 1.50 bits per heavy atom. The van der Waals surface area contributed by atoms with Crippen molar-refractivity contribution in [3.05, 3.63) is 48.7 Å². The third-order valence-corrected chi connectivity index (χ3v) is 4.20. The summed E-state index contributed by atoms with van der Waals surface area (Å²) in [5.74, 6) is 1.21. The van der Waals surface area contributed by atoms with Crippen molar-refractivity contribution in [2.24, 2.45) is 5.92 Å². The summed E-state index contributed by atoms with van der Waals surface area (Å²) in [6.45, 7) is 4.24. The molecule has 0 aromatic carbocycles. The second-order valence-electron chi connectivity index (χ2n) is 4.63. The zero-order chi connectivity index (χ0) is 13.1. The van der Waals surface area contributed by atoms with Crippen molar-refractivity contribution in [2.45, 2.75) is 26.7 Å². The third-order valence-electron chi connectivity index (χ3n) is 2.50. The minimum atomic E-state index is -0.0905. The molecule has 0 amide bonds. The van der Waals surface area contributed by atoms with Crippen LogP contribution in [0.4, 0.5) is 0 Å². The molecule has 0 radical (unpaired) electrons. The fourth-order valence-electron chi connectivity index (χ4n) is 1.74. The highest BCUT2D eigenvalue weighted by molar-refractivity contribution is 9.10. The van der Waals surface area contributed by atoms with Gasteiger partial charge < -0.3 is 4.98 Å². The lowest BCUT2D eigenvalue weighted by atomic mass is 10.1. The smallest absolute Gasteiger partial charge is 0.265 e. The first-order valence-corrected chi connectivity index (χ1v) is 7.53. The van der Waals surface area contributed by atoms with E-state index in [1.165, 1.54) is 4.88 Å². The first-order valence-electron chi connectivity index (χ1n) is 5.86. The quantitative estimate of drug-likeness (QED) is 0.936. The normalized spacial score (nSPS) is 11.1. The Morgan fingerprint density at radius 3 is 2.89 bits per heavy atom. The van der Waals surface area contributed by atoms with Gasteiger partial charge in [0.2, 0.25) is 0 Å². The Morgan fingerprint density at radius 2 is 2.28 bits per heavy atom. The number of halogens is 1. The van der Waals surface area contributed by atoms with Gasteiger partial charge in [-0.2, -0.15) is 0 Å². The van der Waals surface area contributed by atoms with Crippen molar-refractivity contribution in [1.82, 2.24) is 9.97 Å². The number of hydrogen-bond donors (Lipinski definition) is 1. The zero-order valence-electron chi connectivity index (χ0n) is 10.4. The third kappa shape index (κ3) is 3.29. The van der Waals surface area contributed by atoms with Gasteiger partial charge in [-0.3, -0.25) is 4.79 Å². The average molecular weight is 327 g/mol. The van der Waals surface area contributed by atoms with Gasteiger partial charge in [-0.1, -0.05) is 19.9 Å². The molecule has 3 nitrogen and oxygen atoms in total. The molecular formula is C13H15BrN2OS. The van der Waals surface area contributed by atoms with Crippen LogP contribution in [0.2, 0.25) is 0 Å². The number of rotatable bonds is 4. The SMILES string of the molecule is CC(C)Cc1nc(Cc2cccs2)[nH]c(=O)c1Br. The van der Waals surface area contributed by atoms with Crippen LogP contribution < -0.4 is 5.56 Å². The monoisotopic (exact) mass is 326 g/mol. The molecule has 0 aliphatic heterocycles. The lowest BCUT2D eigenvalue weighted by Crippen LogP contribution is -2.16. The van der Waals surface area contributed by atoms with Gasteiger partial charge in [0, 0.05) is 11.3 Å². The molecule has 0 spiro atoms. The molecule has 2 heterocycles. The molecule has 18 heavy (non-hydrogen) atoms. The highest BCUT2D eigenvalue weighted by atomic mass is 79.9. The van der Waals surface area contributed by atoms with Gasteiger partial charge in [-0.25, -0.2) is 4.98 Å². The van der Waals surface area contributed by atoms with Gasteiger partial charge in [0.15, 0.2) is 0 Å². The van der Waals surface area contributed by atoms with Crippen LogP contribution in [0.3, 0.4) is 0 Å². The number of aromatic amines is 1. The van der Waals surface area contributed by atoms with E-state index >= 15 is 0 Å². The molecule has 0 fully saturated rings. The van der Waals surface area contributed by atoms with E-state index in [0.717, 1.165) is 17.9 Å². The van der Waals surface area contributed by atoms with Gasteiger partial charge in [0.25, 0.3) is 5.56 Å². The van der Waals surface area contributed by atoms with Crippen molar-refractivity contribution in [3.63, 3.8) is 0 Å². The van der Waals surface area contributed by atoms with Crippen LogP contribution >= 0.6 is 27.3 Å². The summed E-state index contributed by atoms with van der Waals surface area (Å²) in [4.78, 5) is 20.4. The van der Waals surface area contributed by atoms with Gasteiger partial charge in [0.05, 0.1) is 5.69 Å². The summed E-state index contributed by atoms with van der Waals surface area (Å²) < 4.78 is 0.561. The Bertz CT molecular complexity index is 575. The fraction of sp³-hybridized carbons (Fsp3) is 0.385. The summed E-state index contributed by atoms with van der Waals surface area (Å²) in [5.41, 5.74) is 0.757. The van der Waals surface area contributed by atoms with E-state index in [9.17, 15) is 4.79 Å². The number of nitrogens with one attached hydrogen (secondary N) is 1. The highest BCUT2D eigenvalue weighted by Crippen LogP contribution is 2.16. The van der Waals surface area contributed by atoms with Crippen molar-refractivity contribution >= 4 is 27.3 Å². The maximum atomic E-state index is 11.8. The molecule has 1 N–H and O–H groups in total. The molecule has 0 saturated carbocycles. The predicted molar refractivity (Wildman–Crippen MR) is 78.2 cm³/mol. The maximum Gasteiger partial charge on any atom is 0.265 e. The highest BCUT2D eigenvalue weighted by Gasteiger charge is 2.11. The van der Waals surface area contributed by atoms with E-state index in [0.29, 0.717) is 16.8 Å². The summed E-state index contributed by atoms with van der Waals surface area (Å²) >= 11 is 4.99. The van der Waals surface area contributed by atoms with Crippen molar-refractivity contribution < 1.29 is 0 Å². The molecule has 0 bridgehead atoms. The molecule has 0 aliphatic rings. The zero-order valence-corrected chi connectivity index (χ0v) is 12.8. The molecule has 2 rings (SSSR count). The van der Waals surface area contributed by atoms with E-state index in [1.54, 1.807) is 11.3 Å². The summed E-state index contributed by atoms with van der Waals surface area (Å²) in [6.07, 6.45) is 1.49. The summed E-state index contributed by atoms with van der Waals surface area (Å²) in [7, 11) is 0. The van der Waals surface area contributed by atoms with Gasteiger partial charge >= 0.3 is 0 Å². The van der Waals surface area contributed by atoms with E-state index in [2.05, 4.69) is 45.8 Å². The fourth-order valence-corrected chi connectivity index (χ4v) is 2.80. The van der Waals surface area contributed by atoms with E-state index in [-0.39, 0.29) is 5.56 Å². The molecule has 2 aromatic heterocycles. The van der Waals surface area contributed by atoms with E-state index in [1.807, 2.05) is 11.4 Å². The van der Waals surface area contributed by atoms with Gasteiger partial charge in [0.1, 0.15) is 10.3 Å². The number of H-pyrrole nitrogens is 1. The number of thiophene rings is 1. The number of aromatic nitrogens is 2. The molecular weight excluding hydrogens is 312 g/mol.